The molecule has 2 fully saturated rings. The van der Waals surface area contributed by atoms with Crippen molar-refractivity contribution in [1.29, 1.82) is 0 Å². The normalized spacial score (nSPS) is 29.2. The molecule has 2 aliphatic heterocycles. The number of hydrogen-bond donors (Lipinski definition) is 1. The smallest absolute Gasteiger partial charge is 0.277 e. The second-order valence-electron chi connectivity index (χ2n) is 11.7. The molecule has 1 aromatic heterocycles. The van der Waals surface area contributed by atoms with Crippen LogP contribution in [0.4, 0.5) is 0 Å². The Morgan fingerprint density at radius 2 is 1.83 bits per heavy atom. The van der Waals surface area contributed by atoms with E-state index in [0.717, 1.165) is 23.4 Å². The number of hydrogen-bond acceptors (Lipinski definition) is 7. The van der Waals surface area contributed by atoms with Crippen LogP contribution in [0.15, 0.2) is 15.9 Å². The van der Waals surface area contributed by atoms with Gasteiger partial charge in [0.1, 0.15) is 6.10 Å². The van der Waals surface area contributed by atoms with E-state index in [1.54, 1.807) is 7.11 Å². The molecule has 8 nitrogen and oxygen atoms in total. The maximum atomic E-state index is 13.4. The number of methoxy groups -OCH3 is 1. The first-order chi connectivity index (χ1) is 16.5. The minimum absolute atomic E-state index is 0.0254. The molecule has 1 amide bonds. The molecule has 4 atom stereocenters. The predicted octanol–water partition coefficient (Wildman–Crippen LogP) is 5.11. The van der Waals surface area contributed by atoms with Crippen molar-refractivity contribution in [3.63, 3.8) is 0 Å². The lowest BCUT2D eigenvalue weighted by Gasteiger charge is -2.40. The van der Waals surface area contributed by atoms with Crippen LogP contribution in [-0.4, -0.2) is 59.5 Å². The average Bonchev–Trinajstić information content (AvgIpc) is 3.31. The number of amides is 1. The fourth-order valence-electron chi connectivity index (χ4n) is 5.99. The third-order valence-electron chi connectivity index (χ3n) is 8.28. The number of carbonyl (C=O) groups excluding carboxylic acids is 1. The predicted molar refractivity (Wildman–Crippen MR) is 134 cm³/mol. The van der Waals surface area contributed by atoms with Crippen molar-refractivity contribution in [3.05, 3.63) is 28.4 Å². The van der Waals surface area contributed by atoms with E-state index in [4.69, 9.17) is 14.0 Å². The van der Waals surface area contributed by atoms with E-state index in [9.17, 15) is 4.79 Å². The fourth-order valence-corrected chi connectivity index (χ4v) is 5.99. The van der Waals surface area contributed by atoms with Crippen LogP contribution in [0.25, 0.3) is 0 Å². The van der Waals surface area contributed by atoms with Gasteiger partial charge in [0.25, 0.3) is 5.91 Å². The summed E-state index contributed by atoms with van der Waals surface area (Å²) in [5.74, 6) is 0.390. The Hall–Kier alpha value is -1.90. The summed E-state index contributed by atoms with van der Waals surface area (Å²) in [6, 6.07) is 0.622. The lowest BCUT2D eigenvalue weighted by atomic mass is 9.82. The summed E-state index contributed by atoms with van der Waals surface area (Å²) in [5, 5.41) is 12.0. The van der Waals surface area contributed by atoms with Gasteiger partial charge in [-0.25, -0.2) is 5.01 Å². The molecule has 1 aromatic rings. The standard InChI is InChI=1S/C27H44N4O4/c1-16-23(29-35-25(16)21-14-20(33-8)15-22(34-21)27(4,5)6)26(32)28-24-17(2)30(7)31(18(24)3)19-12-10-9-11-13-19/h18-22H,9-15H2,1-8H3,(H,28,32)/t18?,20-,21-,22+/m1/s1. The van der Waals surface area contributed by atoms with E-state index in [-0.39, 0.29) is 35.7 Å². The molecule has 1 saturated heterocycles. The van der Waals surface area contributed by atoms with Gasteiger partial charge in [-0.15, -0.1) is 0 Å². The summed E-state index contributed by atoms with van der Waals surface area (Å²) in [4.78, 5) is 13.4. The molecule has 1 N–H and O–H groups in total. The van der Waals surface area contributed by atoms with Crippen LogP contribution >= 0.6 is 0 Å². The van der Waals surface area contributed by atoms with Crippen LogP contribution < -0.4 is 5.32 Å². The van der Waals surface area contributed by atoms with Crippen molar-refractivity contribution < 1.29 is 18.8 Å². The number of hydrazine groups is 1. The Bertz CT molecular complexity index is 943. The SMILES string of the molecule is CO[C@H]1C[C@@H](C(C)(C)C)O[C@@H](c2onc(C(=O)NC3=C(C)N(C)N(C4CCCCC4)C3C)c2C)C1. The van der Waals surface area contributed by atoms with Gasteiger partial charge in [-0.3, -0.25) is 4.79 Å². The van der Waals surface area contributed by atoms with Crippen molar-refractivity contribution in [3.8, 4) is 0 Å². The molecule has 8 heteroatoms. The van der Waals surface area contributed by atoms with Crippen molar-refractivity contribution >= 4 is 5.91 Å². The topological polar surface area (TPSA) is 80.1 Å². The summed E-state index contributed by atoms with van der Waals surface area (Å²) in [6.45, 7) is 12.7. The molecule has 3 heterocycles. The van der Waals surface area contributed by atoms with Gasteiger partial charge in [0.2, 0.25) is 0 Å². The number of ether oxygens (including phenoxy) is 2. The molecule has 3 aliphatic rings. The Labute approximate surface area is 210 Å². The van der Waals surface area contributed by atoms with Gasteiger partial charge >= 0.3 is 0 Å². The summed E-state index contributed by atoms with van der Waals surface area (Å²) in [5.41, 5.74) is 3.04. The van der Waals surface area contributed by atoms with Crippen LogP contribution in [-0.2, 0) is 9.47 Å². The van der Waals surface area contributed by atoms with E-state index in [0.29, 0.717) is 23.9 Å². The molecule has 1 unspecified atom stereocenters. The van der Waals surface area contributed by atoms with Crippen LogP contribution in [0.1, 0.15) is 107 Å². The van der Waals surface area contributed by atoms with Gasteiger partial charge in [0.05, 0.1) is 23.9 Å². The van der Waals surface area contributed by atoms with Crippen molar-refractivity contribution in [1.82, 2.24) is 20.5 Å². The number of allylic oxidation sites excluding steroid dienone is 1. The Kier molecular flexibility index (Phi) is 7.65. The molecule has 0 bridgehead atoms. The van der Waals surface area contributed by atoms with E-state index in [1.165, 1.54) is 32.1 Å². The third kappa shape index (κ3) is 5.16. The first-order valence-corrected chi connectivity index (χ1v) is 13.2. The number of nitrogens with one attached hydrogen (secondary N) is 1. The summed E-state index contributed by atoms with van der Waals surface area (Å²) >= 11 is 0. The monoisotopic (exact) mass is 488 g/mol. The highest BCUT2D eigenvalue weighted by Crippen LogP contribution is 2.41. The van der Waals surface area contributed by atoms with Gasteiger partial charge in [0, 0.05) is 44.3 Å². The zero-order valence-corrected chi connectivity index (χ0v) is 22.8. The highest BCUT2D eigenvalue weighted by molar-refractivity contribution is 5.95. The highest BCUT2D eigenvalue weighted by Gasteiger charge is 2.41. The van der Waals surface area contributed by atoms with E-state index in [2.05, 4.69) is 62.2 Å². The second kappa shape index (κ2) is 10.2. The van der Waals surface area contributed by atoms with Crippen molar-refractivity contribution in [2.24, 2.45) is 5.41 Å². The highest BCUT2D eigenvalue weighted by atomic mass is 16.5. The summed E-state index contributed by atoms with van der Waals surface area (Å²) in [6.07, 6.45) is 7.61. The number of rotatable bonds is 5. The average molecular weight is 489 g/mol. The summed E-state index contributed by atoms with van der Waals surface area (Å²) in [7, 11) is 3.84. The molecular weight excluding hydrogens is 444 g/mol. The molecule has 1 aliphatic carbocycles. The Morgan fingerprint density at radius 3 is 2.46 bits per heavy atom. The molecule has 0 radical (unpaired) electrons. The number of nitrogens with zero attached hydrogens (tertiary/aromatic N) is 3. The van der Waals surface area contributed by atoms with Crippen LogP contribution in [0, 0.1) is 12.3 Å². The van der Waals surface area contributed by atoms with Crippen LogP contribution in [0.3, 0.4) is 0 Å². The first-order valence-electron chi connectivity index (χ1n) is 13.2. The lowest BCUT2D eigenvalue weighted by Crippen LogP contribution is -2.48. The Balaban J connectivity index is 1.50. The van der Waals surface area contributed by atoms with E-state index in [1.807, 2.05) is 6.92 Å². The molecule has 196 valence electrons. The Morgan fingerprint density at radius 1 is 1.14 bits per heavy atom. The minimum atomic E-state index is -0.286. The van der Waals surface area contributed by atoms with E-state index >= 15 is 0 Å². The molecule has 35 heavy (non-hydrogen) atoms. The third-order valence-corrected chi connectivity index (χ3v) is 8.28. The molecule has 0 aromatic carbocycles. The van der Waals surface area contributed by atoms with Gasteiger partial charge in [-0.1, -0.05) is 45.2 Å². The minimum Gasteiger partial charge on any atom is -0.381 e. The largest absolute Gasteiger partial charge is 0.381 e. The van der Waals surface area contributed by atoms with Gasteiger partial charge in [-0.2, -0.15) is 0 Å². The zero-order valence-electron chi connectivity index (χ0n) is 22.8. The lowest BCUT2D eigenvalue weighted by molar-refractivity contribution is -0.150. The quantitative estimate of drug-likeness (QED) is 0.617. The molecule has 1 saturated carbocycles. The van der Waals surface area contributed by atoms with Gasteiger partial charge in [0.15, 0.2) is 11.5 Å². The van der Waals surface area contributed by atoms with Crippen molar-refractivity contribution in [2.45, 2.75) is 117 Å². The maximum absolute atomic E-state index is 13.4. The fraction of sp³-hybridized carbons (Fsp3) is 0.778. The van der Waals surface area contributed by atoms with Crippen LogP contribution in [0.2, 0.25) is 0 Å². The number of aromatic nitrogens is 1. The molecule has 0 spiro atoms. The van der Waals surface area contributed by atoms with Gasteiger partial charge < -0.3 is 24.3 Å². The van der Waals surface area contributed by atoms with Crippen molar-refractivity contribution in [2.75, 3.05) is 14.2 Å². The van der Waals surface area contributed by atoms with E-state index < -0.39 is 0 Å². The molecule has 4 rings (SSSR count). The van der Waals surface area contributed by atoms with Crippen LogP contribution in [0.5, 0.6) is 0 Å². The molecular formula is C27H44N4O4. The number of carbonyl (C=O) groups is 1. The maximum Gasteiger partial charge on any atom is 0.277 e. The second-order valence-corrected chi connectivity index (χ2v) is 11.7. The summed E-state index contributed by atoms with van der Waals surface area (Å²) < 4.78 is 17.9. The first kappa shape index (κ1) is 26.2. The van der Waals surface area contributed by atoms with Gasteiger partial charge in [-0.05, 0) is 39.0 Å². The zero-order chi connectivity index (χ0) is 25.5.